The van der Waals surface area contributed by atoms with Gasteiger partial charge in [-0.2, -0.15) is 0 Å². The Labute approximate surface area is 150 Å². The predicted molar refractivity (Wildman–Crippen MR) is 95.4 cm³/mol. The lowest BCUT2D eigenvalue weighted by atomic mass is 9.95. The van der Waals surface area contributed by atoms with E-state index in [0.717, 1.165) is 25.3 Å². The third-order valence-corrected chi connectivity index (χ3v) is 4.26. The molecule has 0 aliphatic rings. The number of rotatable bonds is 16. The van der Waals surface area contributed by atoms with E-state index in [1.807, 2.05) is 0 Å². The van der Waals surface area contributed by atoms with Gasteiger partial charge in [-0.1, -0.05) is 77.7 Å². The van der Waals surface area contributed by atoms with Crippen LogP contribution < -0.4 is 0 Å². The van der Waals surface area contributed by atoms with Gasteiger partial charge in [0.2, 0.25) is 0 Å². The molecule has 0 amide bonds. The maximum atomic E-state index is 11.3. The Morgan fingerprint density at radius 2 is 1.24 bits per heavy atom. The summed E-state index contributed by atoms with van der Waals surface area (Å²) in [6.07, 6.45) is 12.3. The molecule has 144 valence electrons. The van der Waals surface area contributed by atoms with Crippen molar-refractivity contribution in [2.45, 2.75) is 89.6 Å². The molecule has 6 nitrogen and oxygen atoms in total. The highest BCUT2D eigenvalue weighted by atomic mass is 16.6. The normalized spacial score (nSPS) is 11.1. The Kier molecular flexibility index (Phi) is 12.4. The second kappa shape index (κ2) is 13.4. The van der Waals surface area contributed by atoms with Crippen molar-refractivity contribution in [1.82, 2.24) is 0 Å². The molecule has 0 aliphatic heterocycles. The van der Waals surface area contributed by atoms with E-state index >= 15 is 0 Å². The van der Waals surface area contributed by atoms with Crippen LogP contribution in [-0.2, 0) is 19.1 Å². The third-order valence-electron chi connectivity index (χ3n) is 4.26. The van der Waals surface area contributed by atoms with Crippen molar-refractivity contribution in [3.05, 3.63) is 12.7 Å². The van der Waals surface area contributed by atoms with E-state index in [0.29, 0.717) is 12.8 Å². The van der Waals surface area contributed by atoms with Gasteiger partial charge >= 0.3 is 23.5 Å². The van der Waals surface area contributed by atoms with Crippen LogP contribution in [-0.4, -0.2) is 33.7 Å². The van der Waals surface area contributed by atoms with Crippen molar-refractivity contribution in [3.63, 3.8) is 0 Å². The SMILES string of the molecule is C=CC(=O)OC(CCCCCCCCCCCCC)(C(=O)O)C(=O)O. The van der Waals surface area contributed by atoms with Crippen LogP contribution in [0.15, 0.2) is 12.7 Å². The number of carboxylic acid groups (broad SMARTS) is 2. The zero-order chi connectivity index (χ0) is 19.1. The summed E-state index contributed by atoms with van der Waals surface area (Å²) >= 11 is 0. The molecular formula is C19H32O6. The molecule has 0 unspecified atom stereocenters. The molecular weight excluding hydrogens is 324 g/mol. The van der Waals surface area contributed by atoms with Gasteiger partial charge in [0.05, 0.1) is 0 Å². The third kappa shape index (κ3) is 9.27. The largest absolute Gasteiger partial charge is 0.478 e. The number of aliphatic carboxylic acids is 2. The van der Waals surface area contributed by atoms with E-state index in [4.69, 9.17) is 0 Å². The van der Waals surface area contributed by atoms with E-state index in [1.54, 1.807) is 0 Å². The predicted octanol–water partition coefficient (Wildman–Crippen LogP) is 4.32. The van der Waals surface area contributed by atoms with Gasteiger partial charge in [0, 0.05) is 12.5 Å². The molecule has 0 aromatic carbocycles. The molecule has 0 bridgehead atoms. The molecule has 0 radical (unpaired) electrons. The summed E-state index contributed by atoms with van der Waals surface area (Å²) in [4.78, 5) is 33.9. The first-order chi connectivity index (χ1) is 11.9. The summed E-state index contributed by atoms with van der Waals surface area (Å²) in [6, 6.07) is 0. The molecule has 0 saturated carbocycles. The number of hydrogen-bond acceptors (Lipinski definition) is 4. The number of carboxylic acids is 2. The highest BCUT2D eigenvalue weighted by Gasteiger charge is 2.50. The zero-order valence-corrected chi connectivity index (χ0v) is 15.3. The molecule has 0 spiro atoms. The topological polar surface area (TPSA) is 101 Å². The number of hydrogen-bond donors (Lipinski definition) is 2. The highest BCUT2D eigenvalue weighted by Crippen LogP contribution is 2.23. The quantitative estimate of drug-likeness (QED) is 0.185. The second-order valence-corrected chi connectivity index (χ2v) is 6.35. The van der Waals surface area contributed by atoms with Crippen molar-refractivity contribution in [3.8, 4) is 0 Å². The van der Waals surface area contributed by atoms with Gasteiger partial charge in [0.1, 0.15) is 0 Å². The lowest BCUT2D eigenvalue weighted by Crippen LogP contribution is -2.50. The molecule has 25 heavy (non-hydrogen) atoms. The second-order valence-electron chi connectivity index (χ2n) is 6.35. The summed E-state index contributed by atoms with van der Waals surface area (Å²) in [5.41, 5.74) is -2.52. The van der Waals surface area contributed by atoms with Crippen molar-refractivity contribution < 1.29 is 29.3 Å². The molecule has 2 N–H and O–H groups in total. The van der Waals surface area contributed by atoms with Crippen LogP contribution in [0.5, 0.6) is 0 Å². The monoisotopic (exact) mass is 356 g/mol. The van der Waals surface area contributed by atoms with Gasteiger partial charge in [0.25, 0.3) is 0 Å². The smallest absolute Gasteiger partial charge is 0.360 e. The van der Waals surface area contributed by atoms with Gasteiger partial charge in [-0.25, -0.2) is 14.4 Å². The average Bonchev–Trinajstić information content (AvgIpc) is 2.57. The van der Waals surface area contributed by atoms with Crippen LogP contribution in [0.2, 0.25) is 0 Å². The lowest BCUT2D eigenvalue weighted by molar-refractivity contribution is -0.189. The Morgan fingerprint density at radius 1 is 0.840 bits per heavy atom. The molecule has 0 aliphatic carbocycles. The Morgan fingerprint density at radius 3 is 1.60 bits per heavy atom. The van der Waals surface area contributed by atoms with Crippen LogP contribution in [0.1, 0.15) is 84.0 Å². The molecule has 0 heterocycles. The maximum absolute atomic E-state index is 11.3. The summed E-state index contributed by atoms with van der Waals surface area (Å²) < 4.78 is 4.65. The van der Waals surface area contributed by atoms with Crippen LogP contribution in [0.3, 0.4) is 0 Å². The fourth-order valence-electron chi connectivity index (χ4n) is 2.70. The molecule has 0 fully saturated rings. The van der Waals surface area contributed by atoms with Crippen molar-refractivity contribution in [1.29, 1.82) is 0 Å². The maximum Gasteiger partial charge on any atom is 0.360 e. The minimum atomic E-state index is -2.52. The molecule has 0 rings (SSSR count). The fourth-order valence-corrected chi connectivity index (χ4v) is 2.70. The Bertz CT molecular complexity index is 416. The number of unbranched alkanes of at least 4 members (excludes halogenated alkanes) is 10. The summed E-state index contributed by atoms with van der Waals surface area (Å²) in [5.74, 6) is -4.38. The van der Waals surface area contributed by atoms with E-state index in [2.05, 4.69) is 18.2 Å². The van der Waals surface area contributed by atoms with Crippen molar-refractivity contribution >= 4 is 17.9 Å². The first-order valence-electron chi connectivity index (χ1n) is 9.23. The van der Waals surface area contributed by atoms with Gasteiger partial charge in [-0.05, 0) is 6.42 Å². The Hall–Kier alpha value is -1.85. The number of carbonyl (C=O) groups is 3. The van der Waals surface area contributed by atoms with Crippen LogP contribution >= 0.6 is 0 Å². The Balaban J connectivity index is 4.07. The molecule has 0 aromatic rings. The van der Waals surface area contributed by atoms with E-state index in [-0.39, 0.29) is 6.42 Å². The van der Waals surface area contributed by atoms with Crippen LogP contribution in [0.25, 0.3) is 0 Å². The number of esters is 1. The molecule has 0 aromatic heterocycles. The first-order valence-corrected chi connectivity index (χ1v) is 9.23. The van der Waals surface area contributed by atoms with Crippen LogP contribution in [0.4, 0.5) is 0 Å². The first kappa shape index (κ1) is 23.1. The van der Waals surface area contributed by atoms with Crippen LogP contribution in [0, 0.1) is 0 Å². The van der Waals surface area contributed by atoms with Gasteiger partial charge in [0.15, 0.2) is 0 Å². The highest BCUT2D eigenvalue weighted by molar-refractivity contribution is 6.04. The zero-order valence-electron chi connectivity index (χ0n) is 15.3. The van der Waals surface area contributed by atoms with Gasteiger partial charge < -0.3 is 14.9 Å². The van der Waals surface area contributed by atoms with E-state index in [9.17, 15) is 24.6 Å². The molecule has 0 saturated heterocycles. The molecule has 0 atom stereocenters. The summed E-state index contributed by atoms with van der Waals surface area (Å²) in [6.45, 7) is 5.36. The summed E-state index contributed by atoms with van der Waals surface area (Å²) in [5, 5.41) is 18.4. The van der Waals surface area contributed by atoms with Gasteiger partial charge in [-0.3, -0.25) is 0 Å². The lowest BCUT2D eigenvalue weighted by Gasteiger charge is -2.24. The van der Waals surface area contributed by atoms with Crippen molar-refractivity contribution in [2.24, 2.45) is 0 Å². The van der Waals surface area contributed by atoms with E-state index in [1.165, 1.54) is 38.5 Å². The average molecular weight is 356 g/mol. The van der Waals surface area contributed by atoms with Crippen molar-refractivity contribution in [2.75, 3.05) is 0 Å². The summed E-state index contributed by atoms with van der Waals surface area (Å²) in [7, 11) is 0. The number of ether oxygens (including phenoxy) is 1. The minimum Gasteiger partial charge on any atom is -0.478 e. The number of carbonyl (C=O) groups excluding carboxylic acids is 1. The minimum absolute atomic E-state index is 0.242. The molecule has 6 heteroatoms. The van der Waals surface area contributed by atoms with E-state index < -0.39 is 23.5 Å². The standard InChI is InChI=1S/C19H32O6/c1-3-5-6-7-8-9-10-11-12-13-14-15-19(17(21)22,18(23)24)25-16(20)4-2/h4H,2-3,5-15H2,1H3,(H,21,22)(H,23,24). The van der Waals surface area contributed by atoms with Gasteiger partial charge in [-0.15, -0.1) is 0 Å². The fraction of sp³-hybridized carbons (Fsp3) is 0.737.